The molecule has 0 aliphatic rings. The molecule has 128 valence electrons. The van der Waals surface area contributed by atoms with E-state index in [1.54, 1.807) is 31.2 Å². The molecule has 2 aromatic rings. The first-order chi connectivity index (χ1) is 11.3. The highest BCUT2D eigenvalue weighted by Gasteiger charge is 2.16. The first kappa shape index (κ1) is 18.0. The number of hydrogen-bond acceptors (Lipinski definition) is 3. The molecule has 0 fully saturated rings. The van der Waals surface area contributed by atoms with Gasteiger partial charge in [-0.3, -0.25) is 9.10 Å². The van der Waals surface area contributed by atoms with Crippen molar-refractivity contribution in [3.05, 3.63) is 65.2 Å². The third-order valence-electron chi connectivity index (χ3n) is 3.85. The molecule has 0 aliphatic carbocycles. The number of benzene rings is 2. The third-order valence-corrected chi connectivity index (χ3v) is 5.62. The van der Waals surface area contributed by atoms with Crippen LogP contribution in [0.5, 0.6) is 0 Å². The van der Waals surface area contributed by atoms with Gasteiger partial charge in [0.2, 0.25) is 10.0 Å². The van der Waals surface area contributed by atoms with Crippen LogP contribution in [0.15, 0.2) is 48.5 Å². The normalized spacial score (nSPS) is 11.1. The monoisotopic (exact) mass is 346 g/mol. The van der Waals surface area contributed by atoms with Crippen molar-refractivity contribution in [1.29, 1.82) is 0 Å². The van der Waals surface area contributed by atoms with Gasteiger partial charge in [-0.2, -0.15) is 0 Å². The summed E-state index contributed by atoms with van der Waals surface area (Å²) in [7, 11) is -1.80. The van der Waals surface area contributed by atoms with Crippen molar-refractivity contribution in [2.75, 3.05) is 17.1 Å². The minimum Gasteiger partial charge on any atom is -0.348 e. The quantitative estimate of drug-likeness (QED) is 0.874. The molecular formula is C18H22N2O3S. The molecule has 0 spiro atoms. The lowest BCUT2D eigenvalue weighted by molar-refractivity contribution is 0.0951. The second kappa shape index (κ2) is 7.49. The van der Waals surface area contributed by atoms with Gasteiger partial charge in [-0.15, -0.1) is 0 Å². The van der Waals surface area contributed by atoms with E-state index < -0.39 is 10.0 Å². The lowest BCUT2D eigenvalue weighted by Crippen LogP contribution is -2.28. The summed E-state index contributed by atoms with van der Waals surface area (Å²) < 4.78 is 24.9. The SMILES string of the molecule is CCS(=O)(=O)N(C)c1ccc(C(=O)NCc2ccc(C)cc2)cc1. The van der Waals surface area contributed by atoms with Gasteiger partial charge in [-0.25, -0.2) is 8.42 Å². The number of rotatable bonds is 6. The first-order valence-corrected chi connectivity index (χ1v) is 9.35. The summed E-state index contributed by atoms with van der Waals surface area (Å²) in [5.41, 5.74) is 3.23. The van der Waals surface area contributed by atoms with E-state index in [1.807, 2.05) is 31.2 Å². The zero-order valence-corrected chi connectivity index (χ0v) is 14.9. The van der Waals surface area contributed by atoms with Crippen LogP contribution in [0.4, 0.5) is 5.69 Å². The Hall–Kier alpha value is -2.34. The molecule has 6 heteroatoms. The largest absolute Gasteiger partial charge is 0.348 e. The summed E-state index contributed by atoms with van der Waals surface area (Å²) in [6.07, 6.45) is 0. The first-order valence-electron chi connectivity index (χ1n) is 7.74. The van der Waals surface area contributed by atoms with Gasteiger partial charge < -0.3 is 5.32 Å². The molecule has 0 saturated carbocycles. The van der Waals surface area contributed by atoms with Crippen LogP contribution in [0.1, 0.15) is 28.4 Å². The molecule has 2 rings (SSSR count). The van der Waals surface area contributed by atoms with E-state index in [9.17, 15) is 13.2 Å². The average Bonchev–Trinajstić information content (AvgIpc) is 2.60. The number of carbonyl (C=O) groups is 1. The zero-order valence-electron chi connectivity index (χ0n) is 14.1. The van der Waals surface area contributed by atoms with Gasteiger partial charge in [0.05, 0.1) is 11.4 Å². The van der Waals surface area contributed by atoms with Gasteiger partial charge in [0.15, 0.2) is 0 Å². The molecule has 0 saturated heterocycles. The Balaban J connectivity index is 2.02. The maximum Gasteiger partial charge on any atom is 0.251 e. The van der Waals surface area contributed by atoms with Gasteiger partial charge in [-0.05, 0) is 43.7 Å². The molecule has 0 atom stereocenters. The van der Waals surface area contributed by atoms with Gasteiger partial charge in [0, 0.05) is 19.2 Å². The Bertz CT molecular complexity index is 797. The number of aryl methyl sites for hydroxylation is 1. The molecule has 0 unspecified atom stereocenters. The van der Waals surface area contributed by atoms with Crippen LogP contribution in [0.2, 0.25) is 0 Å². The van der Waals surface area contributed by atoms with E-state index in [2.05, 4.69) is 5.32 Å². The molecule has 0 aromatic heterocycles. The van der Waals surface area contributed by atoms with E-state index in [0.29, 0.717) is 17.8 Å². The second-order valence-electron chi connectivity index (χ2n) is 5.58. The van der Waals surface area contributed by atoms with E-state index in [0.717, 1.165) is 5.56 Å². The van der Waals surface area contributed by atoms with Crippen molar-refractivity contribution in [2.45, 2.75) is 20.4 Å². The molecule has 0 heterocycles. The Morgan fingerprint density at radius 3 is 2.17 bits per heavy atom. The molecule has 2 aromatic carbocycles. The fourth-order valence-corrected chi connectivity index (χ4v) is 3.00. The van der Waals surface area contributed by atoms with Crippen molar-refractivity contribution in [3.63, 3.8) is 0 Å². The predicted molar refractivity (Wildman–Crippen MR) is 96.7 cm³/mol. The Labute approximate surface area is 143 Å². The molecule has 24 heavy (non-hydrogen) atoms. The molecular weight excluding hydrogens is 324 g/mol. The van der Waals surface area contributed by atoms with Crippen molar-refractivity contribution < 1.29 is 13.2 Å². The average molecular weight is 346 g/mol. The maximum atomic E-state index is 12.2. The fourth-order valence-electron chi connectivity index (χ4n) is 2.17. The standard InChI is InChI=1S/C18H22N2O3S/c1-4-24(22,23)20(3)17-11-9-16(10-12-17)18(21)19-13-15-7-5-14(2)6-8-15/h5-12H,4,13H2,1-3H3,(H,19,21). The van der Waals surface area contributed by atoms with Gasteiger partial charge in [-0.1, -0.05) is 29.8 Å². The minimum absolute atomic E-state index is 0.0300. The van der Waals surface area contributed by atoms with Gasteiger partial charge >= 0.3 is 0 Å². The summed E-state index contributed by atoms with van der Waals surface area (Å²) >= 11 is 0. The molecule has 0 radical (unpaired) electrons. The van der Waals surface area contributed by atoms with Crippen LogP contribution in [-0.4, -0.2) is 27.1 Å². The lowest BCUT2D eigenvalue weighted by atomic mass is 10.1. The van der Waals surface area contributed by atoms with Crippen molar-refractivity contribution in [1.82, 2.24) is 5.32 Å². The maximum absolute atomic E-state index is 12.2. The lowest BCUT2D eigenvalue weighted by Gasteiger charge is -2.18. The topological polar surface area (TPSA) is 66.5 Å². The number of nitrogens with one attached hydrogen (secondary N) is 1. The smallest absolute Gasteiger partial charge is 0.251 e. The molecule has 0 aliphatic heterocycles. The highest BCUT2D eigenvalue weighted by atomic mass is 32.2. The number of carbonyl (C=O) groups excluding carboxylic acids is 1. The summed E-state index contributed by atoms with van der Waals surface area (Å²) in [6.45, 7) is 4.06. The van der Waals surface area contributed by atoms with Crippen LogP contribution >= 0.6 is 0 Å². The van der Waals surface area contributed by atoms with E-state index >= 15 is 0 Å². The third kappa shape index (κ3) is 4.35. The number of nitrogens with zero attached hydrogens (tertiary/aromatic N) is 1. The Morgan fingerprint density at radius 1 is 1.04 bits per heavy atom. The summed E-state index contributed by atoms with van der Waals surface area (Å²) in [4.78, 5) is 12.2. The molecule has 1 amide bonds. The summed E-state index contributed by atoms with van der Waals surface area (Å²) in [5, 5.41) is 2.85. The van der Waals surface area contributed by atoms with E-state index in [-0.39, 0.29) is 11.7 Å². The van der Waals surface area contributed by atoms with E-state index in [1.165, 1.54) is 16.9 Å². The highest BCUT2D eigenvalue weighted by molar-refractivity contribution is 7.92. The number of amides is 1. The van der Waals surface area contributed by atoms with Crippen molar-refractivity contribution in [2.24, 2.45) is 0 Å². The predicted octanol–water partition coefficient (Wildman–Crippen LogP) is 2.71. The Morgan fingerprint density at radius 2 is 1.62 bits per heavy atom. The van der Waals surface area contributed by atoms with Crippen LogP contribution < -0.4 is 9.62 Å². The molecule has 1 N–H and O–H groups in total. The second-order valence-corrected chi connectivity index (χ2v) is 7.87. The van der Waals surface area contributed by atoms with Gasteiger partial charge in [0.1, 0.15) is 0 Å². The minimum atomic E-state index is -3.30. The fraction of sp³-hybridized carbons (Fsp3) is 0.278. The summed E-state index contributed by atoms with van der Waals surface area (Å²) in [6, 6.07) is 14.5. The van der Waals surface area contributed by atoms with Crippen LogP contribution in [-0.2, 0) is 16.6 Å². The van der Waals surface area contributed by atoms with Crippen molar-refractivity contribution >= 4 is 21.6 Å². The van der Waals surface area contributed by atoms with Crippen LogP contribution in [0.3, 0.4) is 0 Å². The highest BCUT2D eigenvalue weighted by Crippen LogP contribution is 2.17. The van der Waals surface area contributed by atoms with Crippen molar-refractivity contribution in [3.8, 4) is 0 Å². The number of hydrogen-bond donors (Lipinski definition) is 1. The van der Waals surface area contributed by atoms with Gasteiger partial charge in [0.25, 0.3) is 5.91 Å². The Kier molecular flexibility index (Phi) is 5.62. The van der Waals surface area contributed by atoms with E-state index in [4.69, 9.17) is 0 Å². The van der Waals surface area contributed by atoms with Crippen LogP contribution in [0, 0.1) is 6.92 Å². The summed E-state index contributed by atoms with van der Waals surface area (Å²) in [5.74, 6) is -0.162. The van der Waals surface area contributed by atoms with Crippen LogP contribution in [0.25, 0.3) is 0 Å². The number of anilines is 1. The number of sulfonamides is 1. The molecule has 5 nitrogen and oxygen atoms in total. The zero-order chi connectivity index (χ0) is 17.7. The molecule has 0 bridgehead atoms.